The van der Waals surface area contributed by atoms with Crippen molar-refractivity contribution in [2.45, 2.75) is 32.0 Å². The lowest BCUT2D eigenvalue weighted by Crippen LogP contribution is -2.18. The van der Waals surface area contributed by atoms with Crippen LogP contribution in [0.15, 0.2) is 18.2 Å². The minimum atomic E-state index is -0.181. The molecule has 0 atom stereocenters. The van der Waals surface area contributed by atoms with Crippen molar-refractivity contribution in [2.24, 2.45) is 0 Å². The third kappa shape index (κ3) is 5.27. The first-order valence-corrected chi connectivity index (χ1v) is 6.88. The fraction of sp³-hybridized carbons (Fsp3) is 0.600. The molecule has 0 saturated heterocycles. The molecule has 1 aromatic rings. The minimum absolute atomic E-state index is 0.181. The molecule has 0 radical (unpaired) electrons. The second kappa shape index (κ2) is 6.98. The SMILES string of the molecule is CN(C)CCOCc1cc(CNC2CC2)ccc1F. The fourth-order valence-corrected chi connectivity index (χ4v) is 1.83. The zero-order chi connectivity index (χ0) is 13.7. The van der Waals surface area contributed by atoms with E-state index in [2.05, 4.69) is 5.32 Å². The van der Waals surface area contributed by atoms with Gasteiger partial charge in [0.1, 0.15) is 5.82 Å². The van der Waals surface area contributed by atoms with Crippen molar-refractivity contribution in [3.63, 3.8) is 0 Å². The number of benzene rings is 1. The molecule has 4 heteroatoms. The van der Waals surface area contributed by atoms with Crippen molar-refractivity contribution in [1.29, 1.82) is 0 Å². The van der Waals surface area contributed by atoms with Crippen LogP contribution in [-0.2, 0) is 17.9 Å². The largest absolute Gasteiger partial charge is 0.375 e. The summed E-state index contributed by atoms with van der Waals surface area (Å²) in [6.07, 6.45) is 2.53. The molecule has 1 fully saturated rings. The van der Waals surface area contributed by atoms with Crippen molar-refractivity contribution in [2.75, 3.05) is 27.2 Å². The van der Waals surface area contributed by atoms with Gasteiger partial charge in [0.05, 0.1) is 13.2 Å². The van der Waals surface area contributed by atoms with Gasteiger partial charge >= 0.3 is 0 Å². The first-order chi connectivity index (χ1) is 9.15. The summed E-state index contributed by atoms with van der Waals surface area (Å²) in [5, 5.41) is 3.43. The summed E-state index contributed by atoms with van der Waals surface area (Å²) in [5.74, 6) is -0.181. The molecule has 0 spiro atoms. The highest BCUT2D eigenvalue weighted by atomic mass is 19.1. The molecule has 0 aromatic heterocycles. The van der Waals surface area contributed by atoms with Crippen LogP contribution in [0.3, 0.4) is 0 Å². The van der Waals surface area contributed by atoms with Crippen LogP contribution in [0.5, 0.6) is 0 Å². The Morgan fingerprint density at radius 3 is 2.84 bits per heavy atom. The molecule has 2 rings (SSSR count). The number of hydrogen-bond donors (Lipinski definition) is 1. The van der Waals surface area contributed by atoms with Crippen LogP contribution < -0.4 is 5.32 Å². The maximum absolute atomic E-state index is 13.7. The number of hydrogen-bond acceptors (Lipinski definition) is 3. The summed E-state index contributed by atoms with van der Waals surface area (Å²) in [6.45, 7) is 2.63. The molecule has 1 aliphatic rings. The highest BCUT2D eigenvalue weighted by Gasteiger charge is 2.20. The second-order valence-electron chi connectivity index (χ2n) is 5.44. The monoisotopic (exact) mass is 266 g/mol. The topological polar surface area (TPSA) is 24.5 Å². The van der Waals surface area contributed by atoms with Crippen LogP contribution in [0.4, 0.5) is 4.39 Å². The molecule has 19 heavy (non-hydrogen) atoms. The van der Waals surface area contributed by atoms with Crippen molar-refractivity contribution in [1.82, 2.24) is 10.2 Å². The van der Waals surface area contributed by atoms with Crippen LogP contribution in [0.2, 0.25) is 0 Å². The Hall–Kier alpha value is -0.970. The molecule has 0 heterocycles. The van der Waals surface area contributed by atoms with Crippen LogP contribution in [-0.4, -0.2) is 38.2 Å². The smallest absolute Gasteiger partial charge is 0.128 e. The number of likely N-dealkylation sites (N-methyl/N-ethyl adjacent to an activating group) is 1. The highest BCUT2D eigenvalue weighted by molar-refractivity contribution is 5.24. The van der Waals surface area contributed by atoms with Crippen LogP contribution in [0, 0.1) is 5.82 Å². The van der Waals surface area contributed by atoms with E-state index in [1.807, 2.05) is 31.1 Å². The van der Waals surface area contributed by atoms with Gasteiger partial charge in [0.2, 0.25) is 0 Å². The predicted molar refractivity (Wildman–Crippen MR) is 74.5 cm³/mol. The van der Waals surface area contributed by atoms with Crippen LogP contribution in [0.25, 0.3) is 0 Å². The maximum atomic E-state index is 13.7. The lowest BCUT2D eigenvalue weighted by Gasteiger charge is -2.11. The zero-order valence-corrected chi connectivity index (χ0v) is 11.8. The Bertz CT molecular complexity index is 405. The summed E-state index contributed by atoms with van der Waals surface area (Å²) < 4.78 is 19.2. The third-order valence-corrected chi connectivity index (χ3v) is 3.22. The van der Waals surface area contributed by atoms with E-state index >= 15 is 0 Å². The Kier molecular flexibility index (Phi) is 5.31. The van der Waals surface area contributed by atoms with E-state index in [4.69, 9.17) is 4.74 Å². The fourth-order valence-electron chi connectivity index (χ4n) is 1.83. The van der Waals surface area contributed by atoms with Crippen molar-refractivity contribution >= 4 is 0 Å². The van der Waals surface area contributed by atoms with Gasteiger partial charge in [-0.05, 0) is 44.6 Å². The molecule has 3 nitrogen and oxygen atoms in total. The molecule has 1 N–H and O–H groups in total. The van der Waals surface area contributed by atoms with Gasteiger partial charge in [0.25, 0.3) is 0 Å². The molecule has 0 bridgehead atoms. The minimum Gasteiger partial charge on any atom is -0.375 e. The van der Waals surface area contributed by atoms with Gasteiger partial charge in [-0.3, -0.25) is 0 Å². The number of nitrogens with zero attached hydrogens (tertiary/aromatic N) is 1. The van der Waals surface area contributed by atoms with Crippen molar-refractivity contribution < 1.29 is 9.13 Å². The molecule has 1 aromatic carbocycles. The zero-order valence-electron chi connectivity index (χ0n) is 11.8. The standard InChI is InChI=1S/C15H23FN2O/c1-18(2)7-8-19-11-13-9-12(3-6-15(13)16)10-17-14-4-5-14/h3,6,9,14,17H,4-5,7-8,10-11H2,1-2H3. The van der Waals surface area contributed by atoms with Crippen LogP contribution >= 0.6 is 0 Å². The van der Waals surface area contributed by atoms with Crippen molar-refractivity contribution in [3.8, 4) is 0 Å². The number of ether oxygens (including phenoxy) is 1. The van der Waals surface area contributed by atoms with Gasteiger partial charge in [0.15, 0.2) is 0 Å². The Labute approximate surface area is 114 Å². The number of halogens is 1. The average molecular weight is 266 g/mol. The molecule has 0 unspecified atom stereocenters. The van der Waals surface area contributed by atoms with Crippen molar-refractivity contribution in [3.05, 3.63) is 35.1 Å². The van der Waals surface area contributed by atoms with Gasteiger partial charge < -0.3 is 15.0 Å². The van der Waals surface area contributed by atoms with Gasteiger partial charge in [0, 0.05) is 24.7 Å². The third-order valence-electron chi connectivity index (χ3n) is 3.22. The average Bonchev–Trinajstić information content (AvgIpc) is 3.18. The van der Waals surface area contributed by atoms with Gasteiger partial charge in [-0.25, -0.2) is 4.39 Å². The van der Waals surface area contributed by atoms with E-state index in [-0.39, 0.29) is 5.82 Å². The predicted octanol–water partition coefficient (Wildman–Crippen LogP) is 2.16. The van der Waals surface area contributed by atoms with E-state index in [1.165, 1.54) is 18.9 Å². The van der Waals surface area contributed by atoms with E-state index in [1.54, 1.807) is 0 Å². The van der Waals surface area contributed by atoms with Crippen LogP contribution in [0.1, 0.15) is 24.0 Å². The quantitative estimate of drug-likeness (QED) is 0.730. The van der Waals surface area contributed by atoms with E-state index in [9.17, 15) is 4.39 Å². The summed E-state index contributed by atoms with van der Waals surface area (Å²) in [7, 11) is 3.99. The van der Waals surface area contributed by atoms with E-state index in [0.29, 0.717) is 24.8 Å². The molecule has 0 aliphatic heterocycles. The number of rotatable bonds is 8. The first kappa shape index (κ1) is 14.4. The van der Waals surface area contributed by atoms with Gasteiger partial charge in [-0.2, -0.15) is 0 Å². The van der Waals surface area contributed by atoms with Gasteiger partial charge in [-0.15, -0.1) is 0 Å². The first-order valence-electron chi connectivity index (χ1n) is 6.88. The summed E-state index contributed by atoms with van der Waals surface area (Å²) in [5.41, 5.74) is 1.77. The van der Waals surface area contributed by atoms with E-state index in [0.717, 1.165) is 18.7 Å². The van der Waals surface area contributed by atoms with Gasteiger partial charge in [-0.1, -0.05) is 6.07 Å². The lowest BCUT2D eigenvalue weighted by molar-refractivity contribution is 0.103. The molecule has 106 valence electrons. The van der Waals surface area contributed by atoms with E-state index < -0.39 is 0 Å². The molecule has 0 amide bonds. The molecular formula is C15H23FN2O. The second-order valence-corrected chi connectivity index (χ2v) is 5.44. The lowest BCUT2D eigenvalue weighted by atomic mass is 10.1. The highest BCUT2D eigenvalue weighted by Crippen LogP contribution is 2.20. The number of nitrogens with one attached hydrogen (secondary N) is 1. The molecular weight excluding hydrogens is 243 g/mol. The Morgan fingerprint density at radius 1 is 1.37 bits per heavy atom. The summed E-state index contributed by atoms with van der Waals surface area (Å²) in [4.78, 5) is 2.05. The Morgan fingerprint density at radius 2 is 2.16 bits per heavy atom. The summed E-state index contributed by atoms with van der Waals surface area (Å²) in [6, 6.07) is 5.95. The Balaban J connectivity index is 1.81. The summed E-state index contributed by atoms with van der Waals surface area (Å²) >= 11 is 0. The normalized spacial score (nSPS) is 15.2. The maximum Gasteiger partial charge on any atom is 0.128 e. The molecule has 1 saturated carbocycles. The molecule has 1 aliphatic carbocycles.